The second kappa shape index (κ2) is 10.3. The maximum Gasteiger partial charge on any atom is 0.306 e. The Hall–Kier alpha value is -0.400. The lowest BCUT2D eigenvalue weighted by Gasteiger charge is -2.29. The standard InChI is InChI=1S/C14H26O5S2/c1-4-14(7-15,8-18-12(16)5-10(2)20)9-19-13(17)6-11(3)21/h10-11,15,20-21H,4-9H2,1-3H3. The van der Waals surface area contributed by atoms with Gasteiger partial charge in [-0.2, -0.15) is 25.3 Å². The number of aliphatic hydroxyl groups excluding tert-OH is 1. The molecule has 0 fully saturated rings. The first kappa shape index (κ1) is 20.6. The normalized spacial score (nSPS) is 16.7. The number of ether oxygens (including phenoxy) is 2. The van der Waals surface area contributed by atoms with Crippen molar-refractivity contribution in [2.24, 2.45) is 5.41 Å². The van der Waals surface area contributed by atoms with Crippen LogP contribution in [0.1, 0.15) is 40.0 Å². The lowest BCUT2D eigenvalue weighted by molar-refractivity contribution is -0.156. The van der Waals surface area contributed by atoms with E-state index in [2.05, 4.69) is 25.3 Å². The fourth-order valence-electron chi connectivity index (χ4n) is 1.52. The topological polar surface area (TPSA) is 72.8 Å². The first-order valence-corrected chi connectivity index (χ1v) is 8.06. The molecule has 2 atom stereocenters. The Bertz CT molecular complexity index is 299. The van der Waals surface area contributed by atoms with Crippen molar-refractivity contribution in [2.75, 3.05) is 19.8 Å². The predicted molar refractivity (Wildman–Crippen MR) is 87.9 cm³/mol. The van der Waals surface area contributed by atoms with E-state index in [0.717, 1.165) is 0 Å². The molecule has 0 aromatic carbocycles. The third-order valence-electron chi connectivity index (χ3n) is 3.09. The van der Waals surface area contributed by atoms with Gasteiger partial charge in [0.1, 0.15) is 13.2 Å². The number of hydrogen-bond donors (Lipinski definition) is 3. The summed E-state index contributed by atoms with van der Waals surface area (Å²) in [6.45, 7) is 5.25. The van der Waals surface area contributed by atoms with Crippen molar-refractivity contribution in [3.63, 3.8) is 0 Å². The zero-order chi connectivity index (χ0) is 16.5. The molecule has 0 aliphatic heterocycles. The molecule has 0 bridgehead atoms. The maximum atomic E-state index is 11.5. The number of rotatable bonds is 10. The largest absolute Gasteiger partial charge is 0.465 e. The number of aliphatic hydroxyl groups is 1. The molecule has 0 aromatic rings. The SMILES string of the molecule is CCC(CO)(COC(=O)CC(C)S)COC(=O)CC(C)S. The summed E-state index contributed by atoms with van der Waals surface area (Å²) in [4.78, 5) is 23.1. The van der Waals surface area contributed by atoms with Crippen LogP contribution in [0, 0.1) is 5.41 Å². The molecule has 0 amide bonds. The zero-order valence-corrected chi connectivity index (χ0v) is 14.7. The number of hydrogen-bond acceptors (Lipinski definition) is 7. The molecule has 0 rings (SSSR count). The Labute approximate surface area is 137 Å². The van der Waals surface area contributed by atoms with Gasteiger partial charge >= 0.3 is 11.9 Å². The van der Waals surface area contributed by atoms with E-state index >= 15 is 0 Å². The van der Waals surface area contributed by atoms with Gasteiger partial charge in [-0.1, -0.05) is 20.8 Å². The van der Waals surface area contributed by atoms with E-state index in [9.17, 15) is 14.7 Å². The Balaban J connectivity index is 4.41. The molecule has 0 saturated heterocycles. The Kier molecular flexibility index (Phi) is 10.1. The molecule has 0 aliphatic carbocycles. The molecule has 0 saturated carbocycles. The molecular formula is C14H26O5S2. The van der Waals surface area contributed by atoms with E-state index in [1.165, 1.54) is 0 Å². The van der Waals surface area contributed by atoms with Gasteiger partial charge in [-0.15, -0.1) is 0 Å². The van der Waals surface area contributed by atoms with Crippen molar-refractivity contribution in [2.45, 2.75) is 50.5 Å². The van der Waals surface area contributed by atoms with Gasteiger partial charge in [-0.3, -0.25) is 9.59 Å². The average Bonchev–Trinajstić information content (AvgIpc) is 2.38. The quantitative estimate of drug-likeness (QED) is 0.419. The number of carbonyl (C=O) groups excluding carboxylic acids is 2. The molecule has 0 aliphatic rings. The molecule has 1 N–H and O–H groups in total. The molecule has 0 heterocycles. The van der Waals surface area contributed by atoms with E-state index in [4.69, 9.17) is 9.47 Å². The van der Waals surface area contributed by atoms with E-state index in [1.807, 2.05) is 6.92 Å². The third kappa shape index (κ3) is 9.26. The van der Waals surface area contributed by atoms with Gasteiger partial charge in [0.2, 0.25) is 0 Å². The van der Waals surface area contributed by atoms with Crippen LogP contribution in [0.15, 0.2) is 0 Å². The van der Waals surface area contributed by atoms with Gasteiger partial charge in [-0.05, 0) is 6.42 Å². The molecule has 0 spiro atoms. The van der Waals surface area contributed by atoms with Crippen LogP contribution in [0.2, 0.25) is 0 Å². The van der Waals surface area contributed by atoms with Crippen LogP contribution < -0.4 is 0 Å². The van der Waals surface area contributed by atoms with E-state index < -0.39 is 5.41 Å². The van der Waals surface area contributed by atoms with E-state index in [-0.39, 0.29) is 55.1 Å². The molecule has 21 heavy (non-hydrogen) atoms. The lowest BCUT2D eigenvalue weighted by Crippen LogP contribution is -2.37. The van der Waals surface area contributed by atoms with Crippen molar-refractivity contribution < 1.29 is 24.2 Å². The molecule has 0 aromatic heterocycles. The molecule has 124 valence electrons. The van der Waals surface area contributed by atoms with Gasteiger partial charge in [-0.25, -0.2) is 0 Å². The van der Waals surface area contributed by atoms with Gasteiger partial charge < -0.3 is 14.6 Å². The summed E-state index contributed by atoms with van der Waals surface area (Å²) in [5.41, 5.74) is -0.759. The minimum absolute atomic E-state index is 0.0169. The fourth-order valence-corrected chi connectivity index (χ4v) is 1.81. The van der Waals surface area contributed by atoms with Crippen LogP contribution in [-0.2, 0) is 19.1 Å². The second-order valence-corrected chi connectivity index (χ2v) is 7.20. The van der Waals surface area contributed by atoms with E-state index in [0.29, 0.717) is 6.42 Å². The van der Waals surface area contributed by atoms with Crippen molar-refractivity contribution in [3.8, 4) is 0 Å². The first-order chi connectivity index (χ1) is 9.74. The Morgan fingerprint density at radius 3 is 1.67 bits per heavy atom. The highest BCUT2D eigenvalue weighted by Gasteiger charge is 2.31. The van der Waals surface area contributed by atoms with Crippen molar-refractivity contribution in [1.29, 1.82) is 0 Å². The Morgan fingerprint density at radius 1 is 1.05 bits per heavy atom. The summed E-state index contributed by atoms with van der Waals surface area (Å²) in [5.74, 6) is -0.752. The van der Waals surface area contributed by atoms with Gasteiger partial charge in [0.05, 0.1) is 24.9 Å². The van der Waals surface area contributed by atoms with Crippen molar-refractivity contribution >= 4 is 37.2 Å². The predicted octanol–water partition coefficient (Wildman–Crippen LogP) is 1.88. The van der Waals surface area contributed by atoms with Gasteiger partial charge in [0.25, 0.3) is 0 Å². The van der Waals surface area contributed by atoms with Gasteiger partial charge in [0, 0.05) is 10.5 Å². The molecule has 0 radical (unpaired) electrons. The average molecular weight is 338 g/mol. The minimum Gasteiger partial charge on any atom is -0.465 e. The molecule has 2 unspecified atom stereocenters. The maximum absolute atomic E-state index is 11.5. The monoisotopic (exact) mass is 338 g/mol. The van der Waals surface area contributed by atoms with Crippen molar-refractivity contribution in [3.05, 3.63) is 0 Å². The van der Waals surface area contributed by atoms with Crippen LogP contribution in [0.3, 0.4) is 0 Å². The second-order valence-electron chi connectivity index (χ2n) is 5.44. The van der Waals surface area contributed by atoms with E-state index in [1.54, 1.807) is 13.8 Å². The molecule has 7 heteroatoms. The highest BCUT2D eigenvalue weighted by atomic mass is 32.1. The molecule has 5 nitrogen and oxygen atoms in total. The summed E-state index contributed by atoms with van der Waals surface area (Å²) in [6, 6.07) is 0. The zero-order valence-electron chi connectivity index (χ0n) is 12.9. The Morgan fingerprint density at radius 2 is 1.43 bits per heavy atom. The number of esters is 2. The number of carbonyl (C=O) groups is 2. The van der Waals surface area contributed by atoms with Crippen LogP contribution in [0.5, 0.6) is 0 Å². The minimum atomic E-state index is -0.759. The fraction of sp³-hybridized carbons (Fsp3) is 0.857. The van der Waals surface area contributed by atoms with Crippen LogP contribution in [0.4, 0.5) is 0 Å². The first-order valence-electron chi connectivity index (χ1n) is 7.03. The smallest absolute Gasteiger partial charge is 0.306 e. The summed E-state index contributed by atoms with van der Waals surface area (Å²) >= 11 is 8.24. The van der Waals surface area contributed by atoms with Crippen LogP contribution >= 0.6 is 25.3 Å². The summed E-state index contributed by atoms with van der Waals surface area (Å²) in [5, 5.41) is 9.38. The highest BCUT2D eigenvalue weighted by molar-refractivity contribution is 7.81. The lowest BCUT2D eigenvalue weighted by atomic mass is 9.88. The van der Waals surface area contributed by atoms with Crippen LogP contribution in [0.25, 0.3) is 0 Å². The third-order valence-corrected chi connectivity index (χ3v) is 3.45. The summed E-state index contributed by atoms with van der Waals surface area (Å²) in [6.07, 6.45) is 0.924. The number of thiol groups is 2. The van der Waals surface area contributed by atoms with Gasteiger partial charge in [0.15, 0.2) is 0 Å². The highest BCUT2D eigenvalue weighted by Crippen LogP contribution is 2.23. The summed E-state index contributed by atoms with van der Waals surface area (Å²) in [7, 11) is 0. The van der Waals surface area contributed by atoms with Crippen molar-refractivity contribution in [1.82, 2.24) is 0 Å². The summed E-state index contributed by atoms with van der Waals surface area (Å²) < 4.78 is 10.3. The van der Waals surface area contributed by atoms with Crippen LogP contribution in [-0.4, -0.2) is 47.4 Å². The molecular weight excluding hydrogens is 312 g/mol.